The van der Waals surface area contributed by atoms with Crippen LogP contribution in [0.1, 0.15) is 41.8 Å². The molecular formula is C24H32N4O4S. The maximum Gasteiger partial charge on any atom is 0.315 e. The predicted octanol–water partition coefficient (Wildman–Crippen LogP) is 2.74. The number of nitrogens with zero attached hydrogens (tertiary/aromatic N) is 2. The van der Waals surface area contributed by atoms with Gasteiger partial charge in [-0.2, -0.15) is 4.31 Å². The number of hydrogen-bond acceptors (Lipinski definition) is 4. The second kappa shape index (κ2) is 10.8. The lowest BCUT2D eigenvalue weighted by atomic mass is 10.1. The maximum absolute atomic E-state index is 13.0. The fourth-order valence-electron chi connectivity index (χ4n) is 3.64. The summed E-state index contributed by atoms with van der Waals surface area (Å²) in [5.74, 6) is -0.123. The van der Waals surface area contributed by atoms with Crippen molar-refractivity contribution in [1.29, 1.82) is 0 Å². The minimum absolute atomic E-state index is 0.0569. The van der Waals surface area contributed by atoms with Gasteiger partial charge in [-0.05, 0) is 57.0 Å². The molecule has 2 N–H and O–H groups in total. The highest BCUT2D eigenvalue weighted by molar-refractivity contribution is 7.89. The Morgan fingerprint density at radius 3 is 2.24 bits per heavy atom. The first-order chi connectivity index (χ1) is 15.7. The van der Waals surface area contributed by atoms with Crippen molar-refractivity contribution in [2.45, 2.75) is 44.7 Å². The van der Waals surface area contributed by atoms with Crippen LogP contribution in [0.3, 0.4) is 0 Å². The summed E-state index contributed by atoms with van der Waals surface area (Å²) >= 11 is 0. The van der Waals surface area contributed by atoms with Crippen LogP contribution in [-0.2, 0) is 16.6 Å². The molecule has 0 atom stereocenters. The second-order valence-electron chi connectivity index (χ2n) is 8.54. The van der Waals surface area contributed by atoms with Crippen molar-refractivity contribution in [3.05, 3.63) is 65.2 Å². The number of benzene rings is 2. The number of sulfonamides is 1. The lowest BCUT2D eigenvalue weighted by molar-refractivity contribution is 0.0764. The fraction of sp³-hybridized carbons (Fsp3) is 0.417. The molecule has 1 aliphatic heterocycles. The molecule has 0 spiro atoms. The van der Waals surface area contributed by atoms with E-state index in [0.29, 0.717) is 38.2 Å². The van der Waals surface area contributed by atoms with Gasteiger partial charge in [0.2, 0.25) is 10.0 Å². The SMILES string of the molecule is Cc1ccc(S(=O)(=O)N2CCCN(C(=O)c3ccc(CNC(=O)NC(C)C)cc3)CC2)cc1. The number of amides is 3. The van der Waals surface area contributed by atoms with Crippen molar-refractivity contribution in [2.24, 2.45) is 0 Å². The van der Waals surface area contributed by atoms with Crippen molar-refractivity contribution < 1.29 is 18.0 Å². The summed E-state index contributed by atoms with van der Waals surface area (Å²) in [4.78, 5) is 26.7. The maximum atomic E-state index is 13.0. The molecular weight excluding hydrogens is 440 g/mol. The van der Waals surface area contributed by atoms with E-state index in [4.69, 9.17) is 0 Å². The van der Waals surface area contributed by atoms with Crippen molar-refractivity contribution in [2.75, 3.05) is 26.2 Å². The largest absolute Gasteiger partial charge is 0.337 e. The second-order valence-corrected chi connectivity index (χ2v) is 10.5. The molecule has 1 heterocycles. The third-order valence-electron chi connectivity index (χ3n) is 5.47. The molecule has 2 aromatic rings. The van der Waals surface area contributed by atoms with E-state index in [1.807, 2.05) is 32.9 Å². The molecule has 0 bridgehead atoms. The highest BCUT2D eigenvalue weighted by atomic mass is 32.2. The minimum atomic E-state index is -3.59. The molecule has 0 aliphatic carbocycles. The van der Waals surface area contributed by atoms with Gasteiger partial charge >= 0.3 is 6.03 Å². The number of carbonyl (C=O) groups excluding carboxylic acids is 2. The number of hydrogen-bond donors (Lipinski definition) is 2. The lowest BCUT2D eigenvalue weighted by Gasteiger charge is -2.22. The van der Waals surface area contributed by atoms with Gasteiger partial charge in [-0.3, -0.25) is 4.79 Å². The summed E-state index contributed by atoms with van der Waals surface area (Å²) in [6.45, 7) is 7.53. The molecule has 8 nitrogen and oxygen atoms in total. The van der Waals surface area contributed by atoms with Gasteiger partial charge < -0.3 is 15.5 Å². The summed E-state index contributed by atoms with van der Waals surface area (Å²) in [6.07, 6.45) is 0.573. The highest BCUT2D eigenvalue weighted by Crippen LogP contribution is 2.19. The Kier molecular flexibility index (Phi) is 8.10. The molecule has 3 amide bonds. The Labute approximate surface area is 196 Å². The van der Waals surface area contributed by atoms with Crippen LogP contribution < -0.4 is 10.6 Å². The summed E-state index contributed by atoms with van der Waals surface area (Å²) in [6, 6.07) is 13.8. The van der Waals surface area contributed by atoms with Crippen LogP contribution in [0.25, 0.3) is 0 Å². The summed E-state index contributed by atoms with van der Waals surface area (Å²) in [5, 5.41) is 5.54. The molecule has 33 heavy (non-hydrogen) atoms. The average molecular weight is 473 g/mol. The standard InChI is InChI=1S/C24H32N4O4S/c1-18(2)26-24(30)25-17-20-7-9-21(10-8-20)23(29)27-13-4-14-28(16-15-27)33(31,32)22-11-5-19(3)6-12-22/h5-12,18H,4,13-17H2,1-3H3,(H2,25,26,30). The van der Waals surface area contributed by atoms with Crippen molar-refractivity contribution in [3.63, 3.8) is 0 Å². The van der Waals surface area contributed by atoms with Crippen LogP contribution in [0.2, 0.25) is 0 Å². The topological polar surface area (TPSA) is 98.8 Å². The van der Waals surface area contributed by atoms with Gasteiger partial charge in [-0.25, -0.2) is 13.2 Å². The quantitative estimate of drug-likeness (QED) is 0.675. The van der Waals surface area contributed by atoms with Gasteiger partial charge in [0.15, 0.2) is 0 Å². The Hall–Kier alpha value is -2.91. The van der Waals surface area contributed by atoms with Gasteiger partial charge in [0.1, 0.15) is 0 Å². The average Bonchev–Trinajstić information content (AvgIpc) is 3.04. The number of nitrogens with one attached hydrogen (secondary N) is 2. The van der Waals surface area contributed by atoms with Crippen LogP contribution in [-0.4, -0.2) is 61.8 Å². The van der Waals surface area contributed by atoms with E-state index in [9.17, 15) is 18.0 Å². The third kappa shape index (κ3) is 6.55. The molecule has 9 heteroatoms. The van der Waals surface area contributed by atoms with Crippen LogP contribution >= 0.6 is 0 Å². The third-order valence-corrected chi connectivity index (χ3v) is 7.39. The summed E-state index contributed by atoms with van der Waals surface area (Å²) < 4.78 is 27.4. The van der Waals surface area contributed by atoms with Crippen LogP contribution in [0, 0.1) is 6.92 Å². The predicted molar refractivity (Wildman–Crippen MR) is 127 cm³/mol. The Morgan fingerprint density at radius 2 is 1.61 bits per heavy atom. The smallest absolute Gasteiger partial charge is 0.315 e. The summed E-state index contributed by atoms with van der Waals surface area (Å²) in [7, 11) is -3.59. The van der Waals surface area contributed by atoms with E-state index >= 15 is 0 Å². The van der Waals surface area contributed by atoms with Crippen LogP contribution in [0.5, 0.6) is 0 Å². The van der Waals surface area contributed by atoms with E-state index in [0.717, 1.165) is 11.1 Å². The van der Waals surface area contributed by atoms with E-state index in [1.54, 1.807) is 41.3 Å². The monoisotopic (exact) mass is 472 g/mol. The van der Waals surface area contributed by atoms with Gasteiger partial charge in [0.25, 0.3) is 5.91 Å². The molecule has 0 saturated carbocycles. The zero-order chi connectivity index (χ0) is 24.0. The minimum Gasteiger partial charge on any atom is -0.337 e. The molecule has 2 aromatic carbocycles. The van der Waals surface area contributed by atoms with Gasteiger partial charge in [-0.1, -0.05) is 29.8 Å². The van der Waals surface area contributed by atoms with Crippen molar-refractivity contribution in [1.82, 2.24) is 19.8 Å². The molecule has 0 unspecified atom stereocenters. The first kappa shape index (κ1) is 24.7. The zero-order valence-corrected chi connectivity index (χ0v) is 20.2. The molecule has 1 saturated heterocycles. The number of rotatable bonds is 6. The molecule has 178 valence electrons. The normalized spacial score (nSPS) is 15.2. The number of carbonyl (C=O) groups is 2. The number of urea groups is 1. The Morgan fingerprint density at radius 1 is 0.939 bits per heavy atom. The molecule has 1 fully saturated rings. The first-order valence-electron chi connectivity index (χ1n) is 11.2. The number of aryl methyl sites for hydroxylation is 1. The van der Waals surface area contributed by atoms with Gasteiger partial charge in [-0.15, -0.1) is 0 Å². The van der Waals surface area contributed by atoms with Crippen LogP contribution in [0.4, 0.5) is 4.79 Å². The van der Waals surface area contributed by atoms with E-state index in [-0.39, 0.29) is 29.4 Å². The summed E-state index contributed by atoms with van der Waals surface area (Å²) in [5.41, 5.74) is 2.43. The van der Waals surface area contributed by atoms with Crippen molar-refractivity contribution in [3.8, 4) is 0 Å². The first-order valence-corrected chi connectivity index (χ1v) is 12.6. The fourth-order valence-corrected chi connectivity index (χ4v) is 5.11. The van der Waals surface area contributed by atoms with E-state index in [1.165, 1.54) is 4.31 Å². The zero-order valence-electron chi connectivity index (χ0n) is 19.4. The molecule has 0 aromatic heterocycles. The molecule has 0 radical (unpaired) electrons. The highest BCUT2D eigenvalue weighted by Gasteiger charge is 2.28. The lowest BCUT2D eigenvalue weighted by Crippen LogP contribution is -2.39. The Bertz CT molecular complexity index is 1070. The molecule has 1 aliphatic rings. The van der Waals surface area contributed by atoms with Crippen LogP contribution in [0.15, 0.2) is 53.4 Å². The van der Waals surface area contributed by atoms with Gasteiger partial charge in [0.05, 0.1) is 4.90 Å². The van der Waals surface area contributed by atoms with E-state index < -0.39 is 10.0 Å². The molecule has 3 rings (SSSR count). The van der Waals surface area contributed by atoms with Crippen molar-refractivity contribution >= 4 is 22.0 Å². The van der Waals surface area contributed by atoms with E-state index in [2.05, 4.69) is 10.6 Å². The van der Waals surface area contributed by atoms with Gasteiger partial charge in [0, 0.05) is 44.3 Å². The Balaban J connectivity index is 1.59.